The molecule has 1 saturated carbocycles. The topological polar surface area (TPSA) is 0 Å². The summed E-state index contributed by atoms with van der Waals surface area (Å²) >= 11 is 0. The van der Waals surface area contributed by atoms with Crippen LogP contribution in [-0.4, -0.2) is 0 Å². The highest BCUT2D eigenvalue weighted by atomic mass is 14.2. The Morgan fingerprint density at radius 2 is 0.865 bits per heavy atom. The van der Waals surface area contributed by atoms with Gasteiger partial charge in [0.1, 0.15) is 0 Å². The minimum atomic E-state index is 0.852. The van der Waals surface area contributed by atoms with Crippen LogP contribution in [0.25, 0.3) is 0 Å². The van der Waals surface area contributed by atoms with Gasteiger partial charge in [0.2, 0.25) is 0 Å². The van der Waals surface area contributed by atoms with Gasteiger partial charge in [0.25, 0.3) is 0 Å². The van der Waals surface area contributed by atoms with E-state index < -0.39 is 0 Å². The van der Waals surface area contributed by atoms with E-state index >= 15 is 0 Å². The smallest absolute Gasteiger partial charge is 0.0412 e. The molecule has 0 amide bonds. The molecule has 0 saturated heterocycles. The van der Waals surface area contributed by atoms with Gasteiger partial charge in [-0.1, -0.05) is 169 Å². The van der Waals surface area contributed by atoms with Gasteiger partial charge in [0, 0.05) is 0 Å². The summed E-state index contributed by atoms with van der Waals surface area (Å²) < 4.78 is 0. The molecule has 1 rings (SSSR count). The summed E-state index contributed by atoms with van der Waals surface area (Å²) in [7, 11) is 0. The molecule has 0 heteroatoms. The molecule has 0 unspecified atom stereocenters. The highest BCUT2D eigenvalue weighted by Gasteiger charge is 2.15. The van der Waals surface area contributed by atoms with Gasteiger partial charge in [0.15, 0.2) is 0 Å². The van der Waals surface area contributed by atoms with Gasteiger partial charge in [-0.15, -0.1) is 0 Å². The molecule has 0 spiro atoms. The first-order valence-corrected chi connectivity index (χ1v) is 17.0. The van der Waals surface area contributed by atoms with Crippen LogP contribution in [0.5, 0.6) is 0 Å². The zero-order chi connectivity index (χ0) is 30.0. The third-order valence-electron chi connectivity index (χ3n) is 7.38. The Hall–Kier alpha value is 0. The highest BCUT2D eigenvalue weighted by Crippen LogP contribution is 2.29. The van der Waals surface area contributed by atoms with E-state index in [2.05, 4.69) is 118 Å². The van der Waals surface area contributed by atoms with E-state index in [9.17, 15) is 0 Å². The van der Waals surface area contributed by atoms with Crippen LogP contribution >= 0.6 is 0 Å². The minimum Gasteiger partial charge on any atom is -0.0654 e. The van der Waals surface area contributed by atoms with E-state index in [0.29, 0.717) is 0 Å². The third kappa shape index (κ3) is 46.2. The predicted molar refractivity (Wildman–Crippen MR) is 179 cm³/mol. The zero-order valence-electron chi connectivity index (χ0n) is 30.0. The first kappa shape index (κ1) is 44.0. The maximum atomic E-state index is 2.33. The summed E-state index contributed by atoms with van der Waals surface area (Å²) in [4.78, 5) is 0. The molecule has 230 valence electrons. The first-order chi connectivity index (χ1) is 17.0. The molecule has 0 N–H and O–H groups in total. The summed E-state index contributed by atoms with van der Waals surface area (Å²) in [5.41, 5.74) is 0. The van der Waals surface area contributed by atoms with E-state index in [-0.39, 0.29) is 0 Å². The van der Waals surface area contributed by atoms with Crippen molar-refractivity contribution in [2.24, 2.45) is 53.3 Å². The lowest BCUT2D eigenvalue weighted by atomic mass is 9.93. The number of hydrogen-bond donors (Lipinski definition) is 0. The van der Waals surface area contributed by atoms with Gasteiger partial charge in [-0.05, 0) is 72.5 Å². The van der Waals surface area contributed by atoms with Crippen LogP contribution < -0.4 is 0 Å². The maximum absolute atomic E-state index is 2.33. The van der Waals surface area contributed by atoms with Crippen LogP contribution in [0.2, 0.25) is 0 Å². The average Bonchev–Trinajstić information content (AvgIpc) is 3.25. The van der Waals surface area contributed by atoms with E-state index in [1.807, 2.05) is 0 Å². The van der Waals surface area contributed by atoms with Gasteiger partial charge < -0.3 is 0 Å². The van der Waals surface area contributed by atoms with Crippen molar-refractivity contribution in [1.82, 2.24) is 0 Å². The zero-order valence-corrected chi connectivity index (χ0v) is 30.0. The minimum absolute atomic E-state index is 0.852. The SMILES string of the molecule is CC(C)C(C)C.CC(C)CC(C)C.CC(C)CC1CCCC1.CCC(CC)CC(C)C.CCCC(C)C. The van der Waals surface area contributed by atoms with Crippen LogP contribution in [-0.2, 0) is 0 Å². The summed E-state index contributed by atoms with van der Waals surface area (Å²) in [6.45, 7) is 38.6. The van der Waals surface area contributed by atoms with Crippen LogP contribution in [0, 0.1) is 53.3 Å². The monoisotopic (exact) mass is 527 g/mol. The summed E-state index contributed by atoms with van der Waals surface area (Å²) in [5, 5.41) is 0. The van der Waals surface area contributed by atoms with Crippen molar-refractivity contribution in [2.45, 2.75) is 188 Å². The second kappa shape index (κ2) is 30.5. The van der Waals surface area contributed by atoms with E-state index in [1.54, 1.807) is 0 Å². The fourth-order valence-corrected chi connectivity index (χ4v) is 4.72. The van der Waals surface area contributed by atoms with Crippen LogP contribution in [0.1, 0.15) is 188 Å². The lowest BCUT2D eigenvalue weighted by Crippen LogP contribution is -2.00. The third-order valence-corrected chi connectivity index (χ3v) is 7.38. The average molecular weight is 527 g/mol. The van der Waals surface area contributed by atoms with Crippen LogP contribution in [0.4, 0.5) is 0 Å². The van der Waals surface area contributed by atoms with Crippen molar-refractivity contribution >= 4 is 0 Å². The second-order valence-corrected chi connectivity index (χ2v) is 14.8. The molecule has 0 aromatic carbocycles. The van der Waals surface area contributed by atoms with Gasteiger partial charge >= 0.3 is 0 Å². The van der Waals surface area contributed by atoms with Crippen molar-refractivity contribution in [3.63, 3.8) is 0 Å². The molecule has 0 aromatic heterocycles. The molecular weight excluding hydrogens is 444 g/mol. The Morgan fingerprint density at radius 1 is 0.486 bits per heavy atom. The Kier molecular flexibility index (Phi) is 36.3. The van der Waals surface area contributed by atoms with E-state index in [1.165, 1.54) is 70.6 Å². The molecular formula is C37H82. The van der Waals surface area contributed by atoms with Gasteiger partial charge in [0.05, 0.1) is 0 Å². The quantitative estimate of drug-likeness (QED) is 0.251. The largest absolute Gasteiger partial charge is 0.0654 e. The summed E-state index contributed by atoms with van der Waals surface area (Å²) in [5.74, 6) is 8.22. The van der Waals surface area contributed by atoms with Gasteiger partial charge in [-0.25, -0.2) is 0 Å². The molecule has 1 aliphatic rings. The van der Waals surface area contributed by atoms with Crippen molar-refractivity contribution in [3.8, 4) is 0 Å². The van der Waals surface area contributed by atoms with E-state index in [4.69, 9.17) is 0 Å². The van der Waals surface area contributed by atoms with Gasteiger partial charge in [-0.2, -0.15) is 0 Å². The Labute approximate surface area is 241 Å². The number of rotatable bonds is 11. The highest BCUT2D eigenvalue weighted by molar-refractivity contribution is 4.68. The maximum Gasteiger partial charge on any atom is -0.0412 e. The van der Waals surface area contributed by atoms with Crippen molar-refractivity contribution < 1.29 is 0 Å². The second-order valence-electron chi connectivity index (χ2n) is 14.8. The molecule has 1 fully saturated rings. The summed E-state index contributed by atoms with van der Waals surface area (Å²) in [6, 6.07) is 0. The Bertz CT molecular complexity index is 355. The van der Waals surface area contributed by atoms with Crippen molar-refractivity contribution in [2.75, 3.05) is 0 Å². The van der Waals surface area contributed by atoms with E-state index in [0.717, 1.165) is 53.3 Å². The molecule has 0 radical (unpaired) electrons. The molecule has 0 atom stereocenters. The lowest BCUT2D eigenvalue weighted by Gasteiger charge is -2.13. The molecule has 37 heavy (non-hydrogen) atoms. The molecule has 0 bridgehead atoms. The molecule has 1 aliphatic carbocycles. The fraction of sp³-hybridized carbons (Fsp3) is 1.00. The molecule has 0 aromatic rings. The van der Waals surface area contributed by atoms with Crippen molar-refractivity contribution in [3.05, 3.63) is 0 Å². The van der Waals surface area contributed by atoms with Gasteiger partial charge in [-0.3, -0.25) is 0 Å². The predicted octanol–water partition coefficient (Wildman–Crippen LogP) is 14.1. The Morgan fingerprint density at radius 3 is 1.00 bits per heavy atom. The van der Waals surface area contributed by atoms with Crippen LogP contribution in [0.3, 0.4) is 0 Å². The standard InChI is InChI=1S/C9H18.C9H20.C7H16.2C6H14/c1-8(2)7-9-5-3-4-6-9;1-5-9(6-2)7-8(3)4;1-6(2)5-7(3)4;1-5(2)6(3)4;1-4-5-6(2)3/h8-9H,3-7H2,1-2H3;8-9H,5-7H2,1-4H3;6-7H,5H2,1-4H3;5-6H,1-4H3;6H,4-5H2,1-3H3. The molecule has 0 aliphatic heterocycles. The first-order valence-electron chi connectivity index (χ1n) is 17.0. The van der Waals surface area contributed by atoms with Crippen molar-refractivity contribution in [1.29, 1.82) is 0 Å². The lowest BCUT2D eigenvalue weighted by molar-refractivity contribution is 0.388. The Balaban J connectivity index is -0.000000186. The number of hydrogen-bond acceptors (Lipinski definition) is 0. The molecule has 0 heterocycles. The normalized spacial score (nSPS) is 13.5. The fourth-order valence-electron chi connectivity index (χ4n) is 4.72. The van der Waals surface area contributed by atoms with Crippen LogP contribution in [0.15, 0.2) is 0 Å². The molecule has 0 nitrogen and oxygen atoms in total. The summed E-state index contributed by atoms with van der Waals surface area (Å²) in [6.07, 6.45) is 15.7.